The van der Waals surface area contributed by atoms with E-state index in [1.807, 2.05) is 26.0 Å². The predicted octanol–water partition coefficient (Wildman–Crippen LogP) is 2.30. The molecule has 0 unspecified atom stereocenters. The smallest absolute Gasteiger partial charge is 0.234 e. The average Bonchev–Trinajstić information content (AvgIpc) is 2.41. The number of halogens is 1. The maximum absolute atomic E-state index is 11.8. The summed E-state index contributed by atoms with van der Waals surface area (Å²) < 4.78 is 0. The Kier molecular flexibility index (Phi) is 5.48. The average molecular weight is 310 g/mol. The van der Waals surface area contributed by atoms with E-state index in [9.17, 15) is 4.79 Å². The molecule has 5 heteroatoms. The Bertz CT molecular complexity index is 496. The summed E-state index contributed by atoms with van der Waals surface area (Å²) in [5.74, 6) is 0.109. The van der Waals surface area contributed by atoms with Gasteiger partial charge in [-0.15, -0.1) is 0 Å². The monoisotopic (exact) mass is 309 g/mol. The lowest BCUT2D eigenvalue weighted by Crippen LogP contribution is -2.50. The Morgan fingerprint density at radius 3 is 2.57 bits per heavy atom. The first-order chi connectivity index (χ1) is 9.95. The van der Waals surface area contributed by atoms with Gasteiger partial charge in [0, 0.05) is 42.9 Å². The first kappa shape index (κ1) is 16.1. The number of hydrogen-bond donors (Lipinski definition) is 1. The highest BCUT2D eigenvalue weighted by Crippen LogP contribution is 2.25. The molecule has 1 aliphatic heterocycles. The van der Waals surface area contributed by atoms with E-state index >= 15 is 0 Å². The van der Waals surface area contributed by atoms with Crippen LogP contribution in [0.25, 0.3) is 0 Å². The summed E-state index contributed by atoms with van der Waals surface area (Å²) in [7, 11) is 0. The van der Waals surface area contributed by atoms with Crippen molar-refractivity contribution in [2.75, 3.05) is 37.6 Å². The molecule has 4 nitrogen and oxygen atoms in total. The van der Waals surface area contributed by atoms with Crippen LogP contribution in [-0.4, -0.2) is 49.6 Å². The normalized spacial score (nSPS) is 16.3. The van der Waals surface area contributed by atoms with Gasteiger partial charge in [0.15, 0.2) is 0 Å². The molecule has 1 heterocycles. The molecule has 21 heavy (non-hydrogen) atoms. The number of carbonyl (C=O) groups excluding carboxylic acids is 1. The highest BCUT2D eigenvalue weighted by atomic mass is 35.5. The minimum atomic E-state index is 0.109. The number of nitrogens with zero attached hydrogens (tertiary/aromatic N) is 2. The van der Waals surface area contributed by atoms with Gasteiger partial charge in [-0.1, -0.05) is 17.7 Å². The fourth-order valence-electron chi connectivity index (χ4n) is 2.64. The summed E-state index contributed by atoms with van der Waals surface area (Å²) in [6.07, 6.45) is 0. The van der Waals surface area contributed by atoms with Crippen LogP contribution in [0.1, 0.15) is 19.4 Å². The van der Waals surface area contributed by atoms with E-state index in [4.69, 9.17) is 11.6 Å². The van der Waals surface area contributed by atoms with Gasteiger partial charge >= 0.3 is 0 Å². The van der Waals surface area contributed by atoms with Crippen molar-refractivity contribution in [3.8, 4) is 0 Å². The standard InChI is InChI=1S/C16H24ClN3O/c1-12(2)18-16(21)11-19-6-8-20(9-7-19)15-10-14(17)5-4-13(15)3/h4-5,10,12H,6-9,11H2,1-3H3,(H,18,21). The molecule has 1 N–H and O–H groups in total. The summed E-state index contributed by atoms with van der Waals surface area (Å²) in [6.45, 7) is 10.2. The van der Waals surface area contributed by atoms with Gasteiger partial charge < -0.3 is 10.2 Å². The van der Waals surface area contributed by atoms with Crippen molar-refractivity contribution < 1.29 is 4.79 Å². The Morgan fingerprint density at radius 2 is 1.95 bits per heavy atom. The number of piperazine rings is 1. The van der Waals surface area contributed by atoms with Crippen LogP contribution in [0.4, 0.5) is 5.69 Å². The number of nitrogens with one attached hydrogen (secondary N) is 1. The summed E-state index contributed by atoms with van der Waals surface area (Å²) in [5, 5.41) is 3.71. The highest BCUT2D eigenvalue weighted by Gasteiger charge is 2.20. The predicted molar refractivity (Wildman–Crippen MR) is 88.1 cm³/mol. The van der Waals surface area contributed by atoms with Crippen LogP contribution in [0.15, 0.2) is 18.2 Å². The van der Waals surface area contributed by atoms with Crippen LogP contribution in [0.3, 0.4) is 0 Å². The van der Waals surface area contributed by atoms with E-state index in [0.29, 0.717) is 6.54 Å². The summed E-state index contributed by atoms with van der Waals surface area (Å²) >= 11 is 6.09. The Morgan fingerprint density at radius 1 is 1.29 bits per heavy atom. The third-order valence-electron chi connectivity index (χ3n) is 3.70. The largest absolute Gasteiger partial charge is 0.369 e. The maximum atomic E-state index is 11.8. The Balaban J connectivity index is 1.88. The number of benzene rings is 1. The van der Waals surface area contributed by atoms with Crippen molar-refractivity contribution in [1.29, 1.82) is 0 Å². The fraction of sp³-hybridized carbons (Fsp3) is 0.562. The summed E-state index contributed by atoms with van der Waals surface area (Å²) in [6, 6.07) is 6.21. The van der Waals surface area contributed by atoms with Crippen molar-refractivity contribution in [3.05, 3.63) is 28.8 Å². The van der Waals surface area contributed by atoms with E-state index < -0.39 is 0 Å². The molecule has 1 aromatic rings. The first-order valence-electron chi connectivity index (χ1n) is 7.48. The number of aryl methyl sites for hydroxylation is 1. The van der Waals surface area contributed by atoms with Crippen LogP contribution in [0, 0.1) is 6.92 Å². The quantitative estimate of drug-likeness (QED) is 0.927. The van der Waals surface area contributed by atoms with Crippen molar-refractivity contribution in [2.24, 2.45) is 0 Å². The highest BCUT2D eigenvalue weighted by molar-refractivity contribution is 6.30. The minimum absolute atomic E-state index is 0.109. The third kappa shape index (κ3) is 4.61. The second kappa shape index (κ2) is 7.14. The molecule has 0 aromatic heterocycles. The molecule has 2 rings (SSSR count). The molecule has 0 radical (unpaired) electrons. The summed E-state index contributed by atoms with van der Waals surface area (Å²) in [4.78, 5) is 16.3. The second-order valence-electron chi connectivity index (χ2n) is 5.92. The third-order valence-corrected chi connectivity index (χ3v) is 3.94. The molecule has 1 fully saturated rings. The van der Waals surface area contributed by atoms with Gasteiger partial charge in [-0.2, -0.15) is 0 Å². The van der Waals surface area contributed by atoms with E-state index in [1.165, 1.54) is 11.3 Å². The summed E-state index contributed by atoms with van der Waals surface area (Å²) in [5.41, 5.74) is 2.44. The van der Waals surface area contributed by atoms with E-state index in [-0.39, 0.29) is 11.9 Å². The van der Waals surface area contributed by atoms with Gasteiger partial charge in [0.25, 0.3) is 0 Å². The number of hydrogen-bond acceptors (Lipinski definition) is 3. The number of rotatable bonds is 4. The molecule has 0 atom stereocenters. The number of carbonyl (C=O) groups is 1. The van der Waals surface area contributed by atoms with E-state index in [2.05, 4.69) is 28.1 Å². The SMILES string of the molecule is Cc1ccc(Cl)cc1N1CCN(CC(=O)NC(C)C)CC1. The Hall–Kier alpha value is -1.26. The van der Waals surface area contributed by atoms with Gasteiger partial charge in [0.1, 0.15) is 0 Å². The molecule has 0 spiro atoms. The molecule has 1 amide bonds. The molecule has 0 saturated carbocycles. The van der Waals surface area contributed by atoms with Crippen LogP contribution >= 0.6 is 11.6 Å². The van der Waals surface area contributed by atoms with Crippen LogP contribution in [0.5, 0.6) is 0 Å². The first-order valence-corrected chi connectivity index (χ1v) is 7.86. The molecule has 1 saturated heterocycles. The van der Waals surface area contributed by atoms with E-state index in [0.717, 1.165) is 31.2 Å². The molecular weight excluding hydrogens is 286 g/mol. The molecule has 0 bridgehead atoms. The van der Waals surface area contributed by atoms with Gasteiger partial charge in [0.2, 0.25) is 5.91 Å². The topological polar surface area (TPSA) is 35.6 Å². The zero-order valence-electron chi connectivity index (χ0n) is 13.0. The van der Waals surface area contributed by atoms with Gasteiger partial charge in [-0.05, 0) is 38.5 Å². The number of amides is 1. The second-order valence-corrected chi connectivity index (χ2v) is 6.35. The molecule has 116 valence electrons. The Labute approximate surface area is 132 Å². The van der Waals surface area contributed by atoms with Gasteiger partial charge in [-0.25, -0.2) is 0 Å². The lowest BCUT2D eigenvalue weighted by atomic mass is 10.1. The van der Waals surface area contributed by atoms with Crippen LogP contribution in [0.2, 0.25) is 5.02 Å². The van der Waals surface area contributed by atoms with Crippen molar-refractivity contribution in [1.82, 2.24) is 10.2 Å². The number of anilines is 1. The lowest BCUT2D eigenvalue weighted by Gasteiger charge is -2.36. The van der Waals surface area contributed by atoms with Gasteiger partial charge in [0.05, 0.1) is 6.54 Å². The van der Waals surface area contributed by atoms with Crippen LogP contribution < -0.4 is 10.2 Å². The van der Waals surface area contributed by atoms with Gasteiger partial charge in [-0.3, -0.25) is 9.69 Å². The molecule has 1 aromatic carbocycles. The molecular formula is C16H24ClN3O. The van der Waals surface area contributed by atoms with Crippen LogP contribution in [-0.2, 0) is 4.79 Å². The fourth-order valence-corrected chi connectivity index (χ4v) is 2.81. The molecule has 1 aliphatic rings. The van der Waals surface area contributed by atoms with Crippen molar-refractivity contribution >= 4 is 23.2 Å². The van der Waals surface area contributed by atoms with E-state index in [1.54, 1.807) is 0 Å². The van der Waals surface area contributed by atoms with Crippen molar-refractivity contribution in [3.63, 3.8) is 0 Å². The maximum Gasteiger partial charge on any atom is 0.234 e. The zero-order valence-corrected chi connectivity index (χ0v) is 13.8. The van der Waals surface area contributed by atoms with Crippen molar-refractivity contribution in [2.45, 2.75) is 26.8 Å². The lowest BCUT2D eigenvalue weighted by molar-refractivity contribution is -0.122. The molecule has 0 aliphatic carbocycles. The zero-order chi connectivity index (χ0) is 15.4. The minimum Gasteiger partial charge on any atom is -0.369 e.